The van der Waals surface area contributed by atoms with Gasteiger partial charge in [0.2, 0.25) is 5.82 Å². The van der Waals surface area contributed by atoms with Crippen molar-refractivity contribution in [3.05, 3.63) is 54.6 Å². The summed E-state index contributed by atoms with van der Waals surface area (Å²) in [6, 6.07) is 11.2. The Hall–Kier alpha value is -2.80. The maximum Gasteiger partial charge on any atom is 0.291 e. The topological polar surface area (TPSA) is 75.6 Å². The van der Waals surface area contributed by atoms with E-state index in [0.29, 0.717) is 19.5 Å². The Morgan fingerprint density at radius 1 is 1.19 bits per heavy atom. The van der Waals surface area contributed by atoms with Crippen molar-refractivity contribution in [1.82, 2.24) is 14.9 Å². The number of anilines is 1. The monoisotopic (exact) mass is 352 g/mol. The lowest BCUT2D eigenvalue weighted by Gasteiger charge is -2.52. The van der Waals surface area contributed by atoms with Crippen molar-refractivity contribution in [1.29, 1.82) is 0 Å². The highest BCUT2D eigenvalue weighted by Crippen LogP contribution is 2.36. The number of benzene rings is 1. The molecular weight excluding hydrogens is 332 g/mol. The van der Waals surface area contributed by atoms with Crippen molar-refractivity contribution in [3.8, 4) is 0 Å². The van der Waals surface area contributed by atoms with Gasteiger partial charge >= 0.3 is 0 Å². The maximum atomic E-state index is 12.7. The maximum absolute atomic E-state index is 12.7. The first-order chi connectivity index (χ1) is 12.6. The van der Waals surface area contributed by atoms with Gasteiger partial charge in [-0.05, 0) is 31.5 Å². The third-order valence-corrected chi connectivity index (χ3v) is 5.07. The van der Waals surface area contributed by atoms with Gasteiger partial charge in [0.05, 0.1) is 12.6 Å². The van der Waals surface area contributed by atoms with E-state index < -0.39 is 5.60 Å². The number of fused-ring (bicyclic) bond motifs is 1. The van der Waals surface area contributed by atoms with Crippen LogP contribution in [0.1, 0.15) is 24.0 Å². The number of carbonyl (C=O) groups is 2. The quantitative estimate of drug-likeness (QED) is 0.819. The molecule has 0 aliphatic carbocycles. The number of rotatable bonds is 2. The molecule has 2 aliphatic heterocycles. The highest BCUT2D eigenvalue weighted by molar-refractivity contribution is 5.96. The minimum atomic E-state index is -0.632. The predicted octanol–water partition coefficient (Wildman–Crippen LogP) is 1.51. The summed E-state index contributed by atoms with van der Waals surface area (Å²) in [4.78, 5) is 36.9. The number of para-hydroxylation sites is 1. The molecule has 2 amide bonds. The van der Waals surface area contributed by atoms with Crippen LogP contribution in [-0.4, -0.2) is 58.0 Å². The summed E-state index contributed by atoms with van der Waals surface area (Å²) in [5.74, 6) is -0.0803. The Bertz CT molecular complexity index is 814. The fourth-order valence-electron chi connectivity index (χ4n) is 3.80. The van der Waals surface area contributed by atoms with Gasteiger partial charge in [0.15, 0.2) is 0 Å². The van der Waals surface area contributed by atoms with E-state index in [9.17, 15) is 9.59 Å². The van der Waals surface area contributed by atoms with E-state index in [1.807, 2.05) is 42.2 Å². The van der Waals surface area contributed by atoms with E-state index >= 15 is 0 Å². The molecule has 1 aromatic carbocycles. The largest absolute Gasteiger partial charge is 0.361 e. The van der Waals surface area contributed by atoms with Crippen LogP contribution < -0.4 is 4.90 Å². The number of amides is 2. The number of ether oxygens (including phenoxy) is 1. The summed E-state index contributed by atoms with van der Waals surface area (Å²) < 4.78 is 5.92. The van der Waals surface area contributed by atoms with Crippen molar-refractivity contribution in [2.75, 3.05) is 24.6 Å². The van der Waals surface area contributed by atoms with Gasteiger partial charge in [0, 0.05) is 24.6 Å². The molecule has 2 saturated heterocycles. The van der Waals surface area contributed by atoms with E-state index in [4.69, 9.17) is 4.74 Å². The summed E-state index contributed by atoms with van der Waals surface area (Å²) in [5, 5.41) is 0. The zero-order chi connectivity index (χ0) is 18.1. The van der Waals surface area contributed by atoms with Crippen molar-refractivity contribution >= 4 is 17.5 Å². The highest BCUT2D eigenvalue weighted by atomic mass is 16.5. The molecule has 26 heavy (non-hydrogen) atoms. The van der Waals surface area contributed by atoms with E-state index in [1.54, 1.807) is 23.4 Å². The lowest BCUT2D eigenvalue weighted by molar-refractivity contribution is -0.149. The SMILES string of the molecule is C[C@@]12CN(C(=O)c3ncccn3)CC[C@H]1N(c1ccccc1)C(=O)CO2. The van der Waals surface area contributed by atoms with Gasteiger partial charge in [-0.3, -0.25) is 9.59 Å². The average Bonchev–Trinajstić information content (AvgIpc) is 2.69. The van der Waals surface area contributed by atoms with Crippen LogP contribution in [-0.2, 0) is 9.53 Å². The second-order valence-electron chi connectivity index (χ2n) is 6.80. The molecule has 0 saturated carbocycles. The lowest BCUT2D eigenvalue weighted by atomic mass is 9.85. The zero-order valence-electron chi connectivity index (χ0n) is 14.5. The van der Waals surface area contributed by atoms with Crippen molar-refractivity contribution in [2.24, 2.45) is 0 Å². The summed E-state index contributed by atoms with van der Waals surface area (Å²) in [5.41, 5.74) is 0.232. The smallest absolute Gasteiger partial charge is 0.291 e. The molecule has 2 aromatic rings. The molecule has 0 unspecified atom stereocenters. The highest BCUT2D eigenvalue weighted by Gasteiger charge is 2.50. The fourth-order valence-corrected chi connectivity index (χ4v) is 3.80. The average molecular weight is 352 g/mol. The van der Waals surface area contributed by atoms with Crippen LogP contribution in [0.2, 0.25) is 0 Å². The third-order valence-electron chi connectivity index (χ3n) is 5.07. The van der Waals surface area contributed by atoms with Crippen LogP contribution in [0, 0.1) is 0 Å². The number of aromatic nitrogens is 2. The van der Waals surface area contributed by atoms with Crippen molar-refractivity contribution in [3.63, 3.8) is 0 Å². The van der Waals surface area contributed by atoms with Crippen molar-refractivity contribution < 1.29 is 14.3 Å². The molecule has 0 radical (unpaired) electrons. The Kier molecular flexibility index (Phi) is 4.16. The molecule has 1 aromatic heterocycles. The molecule has 0 spiro atoms. The van der Waals surface area contributed by atoms with E-state index in [-0.39, 0.29) is 30.3 Å². The van der Waals surface area contributed by atoms with E-state index in [0.717, 1.165) is 5.69 Å². The standard InChI is InChI=1S/C19H20N4O3/c1-19-13-22(18(25)17-20-9-5-10-21-17)11-8-15(19)23(16(24)12-26-19)14-6-3-2-4-7-14/h2-7,9-10,15H,8,11-13H2,1H3/t15-,19-/m1/s1. The molecule has 134 valence electrons. The number of nitrogens with zero attached hydrogens (tertiary/aromatic N) is 4. The van der Waals surface area contributed by atoms with Gasteiger partial charge in [-0.2, -0.15) is 0 Å². The number of piperidine rings is 1. The normalized spacial score (nSPS) is 25.7. The van der Waals surface area contributed by atoms with Crippen LogP contribution in [0.25, 0.3) is 0 Å². The predicted molar refractivity (Wildman–Crippen MR) is 94.6 cm³/mol. The molecule has 4 rings (SSSR count). The second kappa shape index (κ2) is 6.49. The Morgan fingerprint density at radius 2 is 1.92 bits per heavy atom. The second-order valence-corrected chi connectivity index (χ2v) is 6.80. The summed E-state index contributed by atoms with van der Waals surface area (Å²) in [6.07, 6.45) is 3.75. The van der Waals surface area contributed by atoms with Crippen molar-refractivity contribution in [2.45, 2.75) is 25.0 Å². The summed E-state index contributed by atoms with van der Waals surface area (Å²) >= 11 is 0. The molecule has 7 nitrogen and oxygen atoms in total. The van der Waals surface area contributed by atoms with Gasteiger partial charge < -0.3 is 14.5 Å². The molecule has 2 aliphatic rings. The molecule has 2 fully saturated rings. The number of hydrogen-bond donors (Lipinski definition) is 0. The molecule has 7 heteroatoms. The van der Waals surface area contributed by atoms with E-state index in [1.165, 1.54) is 0 Å². The number of morpholine rings is 1. The van der Waals surface area contributed by atoms with Gasteiger partial charge in [-0.25, -0.2) is 9.97 Å². The first-order valence-electron chi connectivity index (χ1n) is 8.66. The van der Waals surface area contributed by atoms with Gasteiger partial charge in [-0.1, -0.05) is 18.2 Å². The first kappa shape index (κ1) is 16.7. The minimum Gasteiger partial charge on any atom is -0.361 e. The van der Waals surface area contributed by atoms with Crippen LogP contribution >= 0.6 is 0 Å². The number of carbonyl (C=O) groups excluding carboxylic acids is 2. The summed E-state index contributed by atoms with van der Waals surface area (Å²) in [6.45, 7) is 2.89. The molecule has 2 atom stereocenters. The van der Waals surface area contributed by atoms with Crippen LogP contribution in [0.4, 0.5) is 5.69 Å². The summed E-state index contributed by atoms with van der Waals surface area (Å²) in [7, 11) is 0. The lowest BCUT2D eigenvalue weighted by Crippen LogP contribution is -2.68. The van der Waals surface area contributed by atoms with Crippen LogP contribution in [0.5, 0.6) is 0 Å². The Morgan fingerprint density at radius 3 is 2.65 bits per heavy atom. The molecule has 3 heterocycles. The fraction of sp³-hybridized carbons (Fsp3) is 0.368. The Balaban J connectivity index is 1.59. The molecule has 0 bridgehead atoms. The van der Waals surface area contributed by atoms with Crippen LogP contribution in [0.15, 0.2) is 48.8 Å². The van der Waals surface area contributed by atoms with Crippen LogP contribution in [0.3, 0.4) is 0 Å². The first-order valence-corrected chi connectivity index (χ1v) is 8.66. The Labute approximate surface area is 151 Å². The molecule has 0 N–H and O–H groups in total. The zero-order valence-corrected chi connectivity index (χ0v) is 14.5. The third kappa shape index (κ3) is 2.84. The molecular formula is C19H20N4O3. The number of likely N-dealkylation sites (tertiary alicyclic amines) is 1. The van der Waals surface area contributed by atoms with Gasteiger partial charge in [-0.15, -0.1) is 0 Å². The van der Waals surface area contributed by atoms with Gasteiger partial charge in [0.1, 0.15) is 12.2 Å². The van der Waals surface area contributed by atoms with E-state index in [2.05, 4.69) is 9.97 Å². The minimum absolute atomic E-state index is 0.00572. The number of hydrogen-bond acceptors (Lipinski definition) is 5. The van der Waals surface area contributed by atoms with Gasteiger partial charge in [0.25, 0.3) is 11.8 Å².